The molecular formula is C14H14N2O3. The quantitative estimate of drug-likeness (QED) is 0.892. The fraction of sp³-hybridized carbons (Fsp3) is 0.214. The van der Waals surface area contributed by atoms with Gasteiger partial charge in [0.1, 0.15) is 0 Å². The molecule has 0 aliphatic rings. The molecule has 98 valence electrons. The molecule has 0 spiro atoms. The second-order valence-corrected chi connectivity index (χ2v) is 4.53. The molecule has 0 bridgehead atoms. The summed E-state index contributed by atoms with van der Waals surface area (Å²) in [7, 11) is 0. The summed E-state index contributed by atoms with van der Waals surface area (Å²) in [6, 6.07) is 5.80. The van der Waals surface area contributed by atoms with E-state index < -0.39 is 17.1 Å². The maximum absolute atomic E-state index is 11.7. The van der Waals surface area contributed by atoms with E-state index in [1.807, 2.05) is 32.0 Å². The fourth-order valence-corrected chi connectivity index (χ4v) is 1.84. The molecule has 0 radical (unpaired) electrons. The van der Waals surface area contributed by atoms with Gasteiger partial charge in [0.05, 0.1) is 5.69 Å². The number of benzene rings is 1. The third-order valence-corrected chi connectivity index (χ3v) is 2.91. The molecule has 1 aromatic carbocycles. The van der Waals surface area contributed by atoms with Gasteiger partial charge >= 0.3 is 5.97 Å². The van der Waals surface area contributed by atoms with E-state index in [0.29, 0.717) is 5.56 Å². The smallest absolute Gasteiger partial charge is 0.360 e. The predicted molar refractivity (Wildman–Crippen MR) is 71.0 cm³/mol. The van der Waals surface area contributed by atoms with Crippen molar-refractivity contribution >= 4 is 5.97 Å². The van der Waals surface area contributed by atoms with E-state index in [2.05, 4.69) is 5.10 Å². The molecule has 0 amide bonds. The minimum Gasteiger partial charge on any atom is -0.476 e. The van der Waals surface area contributed by atoms with Crippen LogP contribution in [0, 0.1) is 20.8 Å². The van der Waals surface area contributed by atoms with Crippen molar-refractivity contribution in [2.45, 2.75) is 20.8 Å². The maximum Gasteiger partial charge on any atom is 0.360 e. The molecule has 2 aromatic rings. The Kier molecular flexibility index (Phi) is 3.21. The highest BCUT2D eigenvalue weighted by atomic mass is 16.4. The lowest BCUT2D eigenvalue weighted by molar-refractivity contribution is 0.0686. The van der Waals surface area contributed by atoms with Crippen LogP contribution >= 0.6 is 0 Å². The second-order valence-electron chi connectivity index (χ2n) is 4.53. The second kappa shape index (κ2) is 4.68. The number of carbonyl (C=O) groups is 1. The van der Waals surface area contributed by atoms with Crippen molar-refractivity contribution in [2.75, 3.05) is 0 Å². The molecule has 0 aliphatic carbocycles. The number of nitrogens with zero attached hydrogens (tertiary/aromatic N) is 2. The average Bonchev–Trinajstić information content (AvgIpc) is 2.35. The zero-order valence-corrected chi connectivity index (χ0v) is 11.0. The average molecular weight is 258 g/mol. The highest BCUT2D eigenvalue weighted by molar-refractivity contribution is 5.85. The van der Waals surface area contributed by atoms with Crippen LogP contribution < -0.4 is 5.43 Å². The van der Waals surface area contributed by atoms with Gasteiger partial charge in [-0.05, 0) is 38.0 Å². The van der Waals surface area contributed by atoms with E-state index in [1.165, 1.54) is 4.68 Å². The van der Waals surface area contributed by atoms with Gasteiger partial charge in [-0.2, -0.15) is 5.10 Å². The van der Waals surface area contributed by atoms with Crippen LogP contribution in [0.25, 0.3) is 5.69 Å². The summed E-state index contributed by atoms with van der Waals surface area (Å²) in [5, 5.41) is 12.9. The zero-order valence-electron chi connectivity index (χ0n) is 11.0. The van der Waals surface area contributed by atoms with Crippen molar-refractivity contribution in [3.63, 3.8) is 0 Å². The number of hydrogen-bond acceptors (Lipinski definition) is 3. The molecule has 1 aromatic heterocycles. The van der Waals surface area contributed by atoms with Gasteiger partial charge in [0, 0.05) is 11.8 Å². The van der Waals surface area contributed by atoms with Gasteiger partial charge in [0.25, 0.3) is 0 Å². The third kappa shape index (κ3) is 2.40. The van der Waals surface area contributed by atoms with Gasteiger partial charge in [0.15, 0.2) is 0 Å². The van der Waals surface area contributed by atoms with Gasteiger partial charge < -0.3 is 5.11 Å². The normalized spacial score (nSPS) is 10.5. The summed E-state index contributed by atoms with van der Waals surface area (Å²) < 4.78 is 1.45. The number of carboxylic acid groups (broad SMARTS) is 1. The minimum atomic E-state index is -1.31. The summed E-state index contributed by atoms with van der Waals surface area (Å²) in [6.45, 7) is 5.43. The van der Waals surface area contributed by atoms with E-state index in [9.17, 15) is 9.59 Å². The Morgan fingerprint density at radius 3 is 2.53 bits per heavy atom. The molecular weight excluding hydrogens is 244 g/mol. The molecule has 0 unspecified atom stereocenters. The molecule has 5 heteroatoms. The Bertz CT molecular complexity index is 717. The van der Waals surface area contributed by atoms with Crippen LogP contribution in [0.1, 0.15) is 27.2 Å². The molecule has 0 fully saturated rings. The molecule has 0 aliphatic heterocycles. The standard InChI is InChI=1S/C14H14N2O3/c1-8-4-5-9(2)11(6-8)16-7-10(3)13(17)12(15-16)14(18)19/h4-7H,1-3H3,(H,18,19). The van der Waals surface area contributed by atoms with Gasteiger partial charge in [-0.3, -0.25) is 4.79 Å². The van der Waals surface area contributed by atoms with Crippen molar-refractivity contribution in [2.24, 2.45) is 0 Å². The van der Waals surface area contributed by atoms with Crippen LogP contribution in [0.15, 0.2) is 29.2 Å². The highest BCUT2D eigenvalue weighted by Gasteiger charge is 2.14. The lowest BCUT2D eigenvalue weighted by Crippen LogP contribution is -2.23. The van der Waals surface area contributed by atoms with Crippen LogP contribution in [0.3, 0.4) is 0 Å². The van der Waals surface area contributed by atoms with E-state index in [0.717, 1.165) is 16.8 Å². The monoisotopic (exact) mass is 258 g/mol. The first-order valence-electron chi connectivity index (χ1n) is 5.81. The van der Waals surface area contributed by atoms with Gasteiger partial charge in [-0.15, -0.1) is 0 Å². The van der Waals surface area contributed by atoms with Gasteiger partial charge in [-0.1, -0.05) is 12.1 Å². The van der Waals surface area contributed by atoms with Crippen molar-refractivity contribution in [1.82, 2.24) is 9.78 Å². The number of aromatic carboxylic acids is 1. The summed E-state index contributed by atoms with van der Waals surface area (Å²) in [4.78, 5) is 22.7. The largest absolute Gasteiger partial charge is 0.476 e. The molecule has 5 nitrogen and oxygen atoms in total. The number of carboxylic acids is 1. The number of aromatic nitrogens is 2. The van der Waals surface area contributed by atoms with Crippen molar-refractivity contribution < 1.29 is 9.90 Å². The van der Waals surface area contributed by atoms with Crippen LogP contribution in [-0.4, -0.2) is 20.9 Å². The highest BCUT2D eigenvalue weighted by Crippen LogP contribution is 2.14. The number of hydrogen-bond donors (Lipinski definition) is 1. The van der Waals surface area contributed by atoms with Crippen LogP contribution in [-0.2, 0) is 0 Å². The van der Waals surface area contributed by atoms with E-state index in [4.69, 9.17) is 5.11 Å². The molecule has 0 atom stereocenters. The Morgan fingerprint density at radius 2 is 1.89 bits per heavy atom. The van der Waals surface area contributed by atoms with Gasteiger partial charge in [-0.25, -0.2) is 9.48 Å². The SMILES string of the molecule is Cc1ccc(C)c(-n2cc(C)c(=O)c(C(=O)O)n2)c1. The summed E-state index contributed by atoms with van der Waals surface area (Å²) in [5.41, 5.74) is 2.11. The topological polar surface area (TPSA) is 72.2 Å². The first-order chi connectivity index (χ1) is 8.90. The lowest BCUT2D eigenvalue weighted by Gasteiger charge is -2.11. The molecule has 0 saturated carbocycles. The number of aryl methyl sites for hydroxylation is 3. The van der Waals surface area contributed by atoms with Crippen molar-refractivity contribution in [3.8, 4) is 5.69 Å². The predicted octanol–water partition coefficient (Wildman–Crippen LogP) is 1.86. The fourth-order valence-electron chi connectivity index (χ4n) is 1.84. The maximum atomic E-state index is 11.7. The first-order valence-corrected chi connectivity index (χ1v) is 5.81. The Labute approximate surface area is 110 Å². The van der Waals surface area contributed by atoms with Crippen LogP contribution in [0.4, 0.5) is 0 Å². The van der Waals surface area contributed by atoms with E-state index in [-0.39, 0.29) is 0 Å². The Balaban J connectivity index is 2.73. The number of rotatable bonds is 2. The lowest BCUT2D eigenvalue weighted by atomic mass is 10.1. The first kappa shape index (κ1) is 13.0. The summed E-state index contributed by atoms with van der Waals surface area (Å²) >= 11 is 0. The Hall–Kier alpha value is -2.43. The molecule has 1 N–H and O–H groups in total. The zero-order chi connectivity index (χ0) is 14.2. The Morgan fingerprint density at radius 1 is 1.21 bits per heavy atom. The molecule has 0 saturated heterocycles. The van der Waals surface area contributed by atoms with E-state index >= 15 is 0 Å². The van der Waals surface area contributed by atoms with E-state index in [1.54, 1.807) is 13.1 Å². The van der Waals surface area contributed by atoms with Crippen molar-refractivity contribution in [3.05, 3.63) is 57.0 Å². The molecule has 19 heavy (non-hydrogen) atoms. The van der Waals surface area contributed by atoms with Crippen LogP contribution in [0.5, 0.6) is 0 Å². The van der Waals surface area contributed by atoms with Gasteiger partial charge in [0.2, 0.25) is 11.1 Å². The summed E-state index contributed by atoms with van der Waals surface area (Å²) in [6.07, 6.45) is 1.55. The van der Waals surface area contributed by atoms with Crippen molar-refractivity contribution in [1.29, 1.82) is 0 Å². The third-order valence-electron chi connectivity index (χ3n) is 2.91. The minimum absolute atomic E-state index is 0.355. The molecule has 1 heterocycles. The summed E-state index contributed by atoms with van der Waals surface area (Å²) in [5.74, 6) is -1.31. The van der Waals surface area contributed by atoms with Crippen LogP contribution in [0.2, 0.25) is 0 Å². The molecule has 2 rings (SSSR count).